The third-order valence-corrected chi connectivity index (χ3v) is 4.13. The molecule has 4 heteroatoms. The molecule has 1 aliphatic rings. The molecule has 1 amide bonds. The quantitative estimate of drug-likeness (QED) is 0.860. The van der Waals surface area contributed by atoms with Crippen LogP contribution in [0.1, 0.15) is 31.2 Å². The minimum absolute atomic E-state index is 0.0105. The van der Waals surface area contributed by atoms with Gasteiger partial charge in [0.15, 0.2) is 6.61 Å². The van der Waals surface area contributed by atoms with E-state index in [1.807, 2.05) is 55.5 Å². The number of carbonyl (C=O) groups excluding carboxylic acids is 1. The first-order valence-corrected chi connectivity index (χ1v) is 8.45. The van der Waals surface area contributed by atoms with Crippen molar-refractivity contribution in [3.05, 3.63) is 54.1 Å². The Morgan fingerprint density at radius 3 is 2.29 bits per heavy atom. The molecule has 24 heavy (non-hydrogen) atoms. The van der Waals surface area contributed by atoms with E-state index in [1.165, 1.54) is 12.8 Å². The Labute approximate surface area is 142 Å². The van der Waals surface area contributed by atoms with Crippen LogP contribution in [-0.4, -0.2) is 18.6 Å². The van der Waals surface area contributed by atoms with Crippen LogP contribution in [0.4, 0.5) is 5.69 Å². The summed E-state index contributed by atoms with van der Waals surface area (Å²) in [7, 11) is 0. The number of benzene rings is 2. The second kappa shape index (κ2) is 7.86. The number of carbonyl (C=O) groups is 1. The van der Waals surface area contributed by atoms with Gasteiger partial charge in [-0.05, 0) is 69.0 Å². The Morgan fingerprint density at radius 2 is 1.62 bits per heavy atom. The van der Waals surface area contributed by atoms with Crippen molar-refractivity contribution >= 4 is 11.6 Å². The molecule has 0 unspecified atom stereocenters. The van der Waals surface area contributed by atoms with Crippen molar-refractivity contribution in [3.63, 3.8) is 0 Å². The van der Waals surface area contributed by atoms with Crippen LogP contribution in [0.15, 0.2) is 48.5 Å². The number of hydrogen-bond acceptors (Lipinski definition) is 3. The number of hydrogen-bond donors (Lipinski definition) is 1. The van der Waals surface area contributed by atoms with Crippen molar-refractivity contribution < 1.29 is 14.3 Å². The largest absolute Gasteiger partial charge is 0.490 e. The van der Waals surface area contributed by atoms with E-state index in [4.69, 9.17) is 9.47 Å². The third kappa shape index (κ3) is 4.75. The number of nitrogens with one attached hydrogen (secondary N) is 1. The first-order valence-electron chi connectivity index (χ1n) is 8.45. The summed E-state index contributed by atoms with van der Waals surface area (Å²) < 4.78 is 11.4. The summed E-state index contributed by atoms with van der Waals surface area (Å²) in [4.78, 5) is 11.9. The van der Waals surface area contributed by atoms with Crippen LogP contribution in [-0.2, 0) is 4.79 Å². The standard InChI is InChI=1S/C20H23NO3/c1-15-6-10-17(11-7-15)23-14-20(22)21-16-8-12-19(13-9-16)24-18-4-2-3-5-18/h6-13,18H,2-5,14H2,1H3,(H,21,22). The van der Waals surface area contributed by atoms with Gasteiger partial charge >= 0.3 is 0 Å². The van der Waals surface area contributed by atoms with Gasteiger partial charge in [-0.3, -0.25) is 4.79 Å². The van der Waals surface area contributed by atoms with Gasteiger partial charge in [0.25, 0.3) is 5.91 Å². The number of anilines is 1. The first-order chi connectivity index (χ1) is 11.7. The van der Waals surface area contributed by atoms with Crippen molar-refractivity contribution in [3.8, 4) is 11.5 Å². The molecule has 0 spiro atoms. The van der Waals surface area contributed by atoms with E-state index < -0.39 is 0 Å². The highest BCUT2D eigenvalue weighted by atomic mass is 16.5. The average Bonchev–Trinajstić information content (AvgIpc) is 3.09. The Balaban J connectivity index is 1.46. The van der Waals surface area contributed by atoms with Crippen LogP contribution >= 0.6 is 0 Å². The number of aryl methyl sites for hydroxylation is 1. The SMILES string of the molecule is Cc1ccc(OCC(=O)Nc2ccc(OC3CCCC3)cc2)cc1. The summed E-state index contributed by atoms with van der Waals surface area (Å²) in [5.74, 6) is 1.37. The molecule has 4 nitrogen and oxygen atoms in total. The van der Waals surface area contributed by atoms with Crippen molar-refractivity contribution in [2.75, 3.05) is 11.9 Å². The smallest absolute Gasteiger partial charge is 0.262 e. The fourth-order valence-corrected chi connectivity index (χ4v) is 2.80. The molecule has 0 aromatic heterocycles. The summed E-state index contributed by atoms with van der Waals surface area (Å²) in [6, 6.07) is 15.1. The summed E-state index contributed by atoms with van der Waals surface area (Å²) in [6.07, 6.45) is 5.11. The van der Waals surface area contributed by atoms with E-state index in [0.717, 1.165) is 29.8 Å². The van der Waals surface area contributed by atoms with E-state index in [2.05, 4.69) is 5.32 Å². The van der Waals surface area contributed by atoms with Gasteiger partial charge in [0.05, 0.1) is 6.10 Å². The molecular formula is C20H23NO3. The van der Waals surface area contributed by atoms with E-state index in [1.54, 1.807) is 0 Å². The maximum Gasteiger partial charge on any atom is 0.262 e. The van der Waals surface area contributed by atoms with Crippen LogP contribution in [0.3, 0.4) is 0 Å². The molecule has 0 saturated heterocycles. The van der Waals surface area contributed by atoms with Crippen LogP contribution < -0.4 is 14.8 Å². The normalized spacial score (nSPS) is 14.4. The van der Waals surface area contributed by atoms with Gasteiger partial charge < -0.3 is 14.8 Å². The van der Waals surface area contributed by atoms with E-state index in [9.17, 15) is 4.79 Å². The van der Waals surface area contributed by atoms with Gasteiger partial charge in [-0.1, -0.05) is 17.7 Å². The lowest BCUT2D eigenvalue weighted by Crippen LogP contribution is -2.20. The van der Waals surface area contributed by atoms with Crippen LogP contribution in [0.5, 0.6) is 11.5 Å². The molecule has 0 aliphatic heterocycles. The van der Waals surface area contributed by atoms with Crippen molar-refractivity contribution in [1.82, 2.24) is 0 Å². The lowest BCUT2D eigenvalue weighted by atomic mass is 10.2. The number of ether oxygens (including phenoxy) is 2. The van der Waals surface area contributed by atoms with Crippen LogP contribution in [0, 0.1) is 6.92 Å². The number of amides is 1. The predicted octanol–water partition coefficient (Wildman–Crippen LogP) is 4.33. The summed E-state index contributed by atoms with van der Waals surface area (Å²) in [5.41, 5.74) is 1.90. The Kier molecular flexibility index (Phi) is 5.36. The highest BCUT2D eigenvalue weighted by Crippen LogP contribution is 2.25. The lowest BCUT2D eigenvalue weighted by Gasteiger charge is -2.13. The van der Waals surface area contributed by atoms with Crippen LogP contribution in [0.25, 0.3) is 0 Å². The summed E-state index contributed by atoms with van der Waals surface area (Å²) in [6.45, 7) is 2.00. The monoisotopic (exact) mass is 325 g/mol. The summed E-state index contributed by atoms with van der Waals surface area (Å²) >= 11 is 0. The van der Waals surface area contributed by atoms with E-state index in [-0.39, 0.29) is 12.5 Å². The third-order valence-electron chi connectivity index (χ3n) is 4.13. The van der Waals surface area contributed by atoms with E-state index >= 15 is 0 Å². The maximum absolute atomic E-state index is 11.9. The van der Waals surface area contributed by atoms with Crippen LogP contribution in [0.2, 0.25) is 0 Å². The molecule has 1 aliphatic carbocycles. The Hall–Kier alpha value is -2.49. The van der Waals surface area contributed by atoms with Gasteiger partial charge in [-0.2, -0.15) is 0 Å². The van der Waals surface area contributed by atoms with Gasteiger partial charge in [0.1, 0.15) is 11.5 Å². The maximum atomic E-state index is 11.9. The van der Waals surface area contributed by atoms with Gasteiger partial charge in [-0.15, -0.1) is 0 Å². The van der Waals surface area contributed by atoms with Crippen molar-refractivity contribution in [1.29, 1.82) is 0 Å². The fraction of sp³-hybridized carbons (Fsp3) is 0.350. The first kappa shape index (κ1) is 16.4. The number of rotatable bonds is 6. The molecule has 1 saturated carbocycles. The molecule has 0 bridgehead atoms. The minimum Gasteiger partial charge on any atom is -0.490 e. The Bertz CT molecular complexity index is 658. The van der Waals surface area contributed by atoms with Crippen molar-refractivity contribution in [2.45, 2.75) is 38.7 Å². The lowest BCUT2D eigenvalue weighted by molar-refractivity contribution is -0.118. The Morgan fingerprint density at radius 1 is 1.00 bits per heavy atom. The molecule has 2 aromatic carbocycles. The molecule has 0 heterocycles. The molecule has 0 atom stereocenters. The molecule has 126 valence electrons. The van der Waals surface area contributed by atoms with Gasteiger partial charge in [-0.25, -0.2) is 0 Å². The zero-order valence-corrected chi connectivity index (χ0v) is 14.0. The molecule has 1 N–H and O–H groups in total. The van der Waals surface area contributed by atoms with Gasteiger partial charge in [0, 0.05) is 5.69 Å². The highest BCUT2D eigenvalue weighted by molar-refractivity contribution is 5.91. The van der Waals surface area contributed by atoms with E-state index in [0.29, 0.717) is 11.9 Å². The average molecular weight is 325 g/mol. The fourth-order valence-electron chi connectivity index (χ4n) is 2.80. The zero-order valence-electron chi connectivity index (χ0n) is 14.0. The molecule has 1 fully saturated rings. The minimum atomic E-state index is -0.181. The highest BCUT2D eigenvalue weighted by Gasteiger charge is 2.16. The molecule has 3 rings (SSSR count). The molecule has 0 radical (unpaired) electrons. The topological polar surface area (TPSA) is 47.6 Å². The molecular weight excluding hydrogens is 302 g/mol. The van der Waals surface area contributed by atoms with Gasteiger partial charge in [0.2, 0.25) is 0 Å². The second-order valence-corrected chi connectivity index (χ2v) is 6.20. The summed E-state index contributed by atoms with van der Waals surface area (Å²) in [5, 5.41) is 2.82. The second-order valence-electron chi connectivity index (χ2n) is 6.20. The predicted molar refractivity (Wildman–Crippen MR) is 94.6 cm³/mol. The molecule has 2 aromatic rings. The zero-order chi connectivity index (χ0) is 16.8. The van der Waals surface area contributed by atoms with Crippen molar-refractivity contribution in [2.24, 2.45) is 0 Å².